The molecule has 21 nitrogen and oxygen atoms in total. The van der Waals surface area contributed by atoms with Gasteiger partial charge in [-0.1, -0.05) is 54.6 Å². The zero-order valence-electron chi connectivity index (χ0n) is 42.8. The van der Waals surface area contributed by atoms with Crippen LogP contribution < -0.4 is 20.1 Å². The first kappa shape index (κ1) is 53.7. The lowest BCUT2D eigenvalue weighted by Crippen LogP contribution is -2.92. The molecule has 0 spiro atoms. The number of nitrogens with one attached hydrogen (secondary N) is 2. The highest BCUT2D eigenvalue weighted by Crippen LogP contribution is 2.65. The van der Waals surface area contributed by atoms with Crippen LogP contribution in [0.25, 0.3) is 0 Å². The maximum absolute atomic E-state index is 15.0. The monoisotopic (exact) mass is 1060 g/mol. The summed E-state index contributed by atoms with van der Waals surface area (Å²) in [6.07, 6.45) is -6.72. The van der Waals surface area contributed by atoms with Crippen LogP contribution in [0, 0.1) is 22.2 Å². The average Bonchev–Trinajstić information content (AvgIpc) is 3.99. The van der Waals surface area contributed by atoms with Gasteiger partial charge in [0.2, 0.25) is 11.8 Å². The molecule has 6 aliphatic rings. The van der Waals surface area contributed by atoms with E-state index < -0.39 is 112 Å². The third-order valence-corrected chi connectivity index (χ3v) is 19.0. The average molecular weight is 1060 g/mol. The maximum atomic E-state index is 15.0. The molecule has 0 aromatic heterocycles. The van der Waals surface area contributed by atoms with E-state index in [9.17, 15) is 29.0 Å². The van der Waals surface area contributed by atoms with Crippen LogP contribution in [0.1, 0.15) is 77.5 Å². The standard InChI is InChI=1S/C51H64N6O15P2/c1-30(2)57(31(3)4)73(67-25-13-24-52)71-37-26-41-55-43-44-50(6,49(43,5)45(58)53-47(55)60)46(59)54-48(61)56(44)42-27-38(72-74(62,65-9)68-29-40(37)70-41)39(69-42)28-66-51(32-14-11-10-12-15-32,33-16-20-35(63-7)21-17-33)34-18-22-36(64-8)23-19-34/h10-12,14-23,30-31,37-44H,13,25-29H2,1-9H3,(H,53,58,60)(H,54,59,61)/t37-,38-,39+,40+,41+,42+,43?,44?,49-,50+,73?,74?/m0/s1. The number of carbonyl (C=O) groups excluding carboxylic acids is 4. The Bertz CT molecular complexity index is 2610. The summed E-state index contributed by atoms with van der Waals surface area (Å²) in [7, 11) is -2.15. The summed E-state index contributed by atoms with van der Waals surface area (Å²) in [5.41, 5.74) is -2.42. The molecule has 398 valence electrons. The van der Waals surface area contributed by atoms with Crippen molar-refractivity contribution >= 4 is 40.2 Å². The predicted molar refractivity (Wildman–Crippen MR) is 265 cm³/mol. The first-order valence-electron chi connectivity index (χ1n) is 24.7. The number of urea groups is 2. The number of imide groups is 2. The van der Waals surface area contributed by atoms with Crippen molar-refractivity contribution in [3.05, 3.63) is 95.6 Å². The minimum atomic E-state index is -4.59. The van der Waals surface area contributed by atoms with Gasteiger partial charge in [0.1, 0.15) is 47.9 Å². The molecule has 1 aliphatic carbocycles. The van der Waals surface area contributed by atoms with Crippen LogP contribution in [0.5, 0.6) is 11.5 Å². The number of benzene rings is 3. The van der Waals surface area contributed by atoms with Gasteiger partial charge in [0.25, 0.3) is 8.53 Å². The van der Waals surface area contributed by atoms with Gasteiger partial charge < -0.3 is 32.7 Å². The van der Waals surface area contributed by atoms with Crippen molar-refractivity contribution in [2.24, 2.45) is 10.8 Å². The van der Waals surface area contributed by atoms with Crippen LogP contribution in [0.3, 0.4) is 0 Å². The molecule has 2 N–H and O–H groups in total. The molecule has 4 unspecified atom stereocenters. The van der Waals surface area contributed by atoms with Gasteiger partial charge in [0.15, 0.2) is 0 Å². The van der Waals surface area contributed by atoms with Gasteiger partial charge in [-0.15, -0.1) is 0 Å². The van der Waals surface area contributed by atoms with Gasteiger partial charge >= 0.3 is 19.9 Å². The van der Waals surface area contributed by atoms with Crippen molar-refractivity contribution in [2.75, 3.05) is 41.2 Å². The molecule has 6 fully saturated rings. The molecule has 4 bridgehead atoms. The molecule has 1 saturated carbocycles. The molecule has 5 aliphatic heterocycles. The first-order chi connectivity index (χ1) is 35.4. The number of carbonyl (C=O) groups is 4. The lowest BCUT2D eigenvalue weighted by molar-refractivity contribution is -0.243. The number of rotatable bonds is 17. The van der Waals surface area contributed by atoms with Crippen LogP contribution >= 0.6 is 16.3 Å². The van der Waals surface area contributed by atoms with E-state index in [-0.39, 0.29) is 44.6 Å². The summed E-state index contributed by atoms with van der Waals surface area (Å²) in [6, 6.07) is 22.4. The maximum Gasteiger partial charge on any atom is 0.474 e. The van der Waals surface area contributed by atoms with E-state index in [1.54, 1.807) is 28.1 Å². The van der Waals surface area contributed by atoms with E-state index in [4.69, 9.17) is 46.3 Å². The summed E-state index contributed by atoms with van der Waals surface area (Å²) in [6.45, 7) is 10.5. The fourth-order valence-electron chi connectivity index (χ4n) is 11.6. The summed E-state index contributed by atoms with van der Waals surface area (Å²) < 4.78 is 80.3. The van der Waals surface area contributed by atoms with Crippen molar-refractivity contribution in [1.29, 1.82) is 5.26 Å². The summed E-state index contributed by atoms with van der Waals surface area (Å²) in [4.78, 5) is 60.4. The Kier molecular flexibility index (Phi) is 15.4. The van der Waals surface area contributed by atoms with E-state index in [1.807, 2.05) is 111 Å². The minimum Gasteiger partial charge on any atom is -0.497 e. The van der Waals surface area contributed by atoms with Gasteiger partial charge in [-0.25, -0.2) is 18.8 Å². The molecule has 74 heavy (non-hydrogen) atoms. The second-order valence-corrected chi connectivity index (χ2v) is 23.1. The number of hydrogen-bond acceptors (Lipinski definition) is 17. The number of nitrogens with zero attached hydrogens (tertiary/aromatic N) is 4. The fourth-order valence-corrected chi connectivity index (χ4v) is 14.5. The molecular weight excluding hydrogens is 999 g/mol. The smallest absolute Gasteiger partial charge is 0.474 e. The Morgan fingerprint density at radius 1 is 0.784 bits per heavy atom. The number of fused-ring (bicyclic) bond motifs is 7. The number of phosphoric ester groups is 1. The summed E-state index contributed by atoms with van der Waals surface area (Å²) in [5, 5.41) is 14.4. The predicted octanol–water partition coefficient (Wildman–Crippen LogP) is 6.94. The number of hydrogen-bond donors (Lipinski definition) is 2. The Labute approximate surface area is 431 Å². The Morgan fingerprint density at radius 2 is 1.31 bits per heavy atom. The zero-order chi connectivity index (χ0) is 52.9. The lowest BCUT2D eigenvalue weighted by atomic mass is 9.42. The highest BCUT2D eigenvalue weighted by atomic mass is 31.2. The van der Waals surface area contributed by atoms with E-state index in [0.717, 1.165) is 5.56 Å². The number of phosphoric acid groups is 1. The van der Waals surface area contributed by atoms with Crippen LogP contribution in [0.4, 0.5) is 9.59 Å². The first-order valence-corrected chi connectivity index (χ1v) is 27.3. The van der Waals surface area contributed by atoms with Gasteiger partial charge in [0.05, 0.1) is 75.5 Å². The van der Waals surface area contributed by atoms with Crippen LogP contribution in [-0.4, -0.2) is 141 Å². The van der Waals surface area contributed by atoms with Crippen LogP contribution in [0.15, 0.2) is 78.9 Å². The topological polar surface area (TPSA) is 235 Å². The molecule has 5 heterocycles. The second kappa shape index (κ2) is 21.2. The summed E-state index contributed by atoms with van der Waals surface area (Å²) >= 11 is 0. The molecule has 0 radical (unpaired) electrons. The minimum absolute atomic E-state index is 0.0120. The Morgan fingerprint density at radius 3 is 1.81 bits per heavy atom. The van der Waals surface area contributed by atoms with Gasteiger partial charge in [-0.2, -0.15) is 5.26 Å². The molecule has 9 rings (SSSR count). The third kappa shape index (κ3) is 9.09. The molecule has 12 atom stereocenters. The highest BCUT2D eigenvalue weighted by molar-refractivity contribution is 7.48. The third-order valence-electron chi connectivity index (χ3n) is 15.4. The van der Waals surface area contributed by atoms with E-state index in [1.165, 1.54) is 16.9 Å². The molecule has 5 saturated heterocycles. The van der Waals surface area contributed by atoms with Crippen LogP contribution in [0.2, 0.25) is 0 Å². The van der Waals surface area contributed by atoms with Gasteiger partial charge in [-0.05, 0) is 82.5 Å². The largest absolute Gasteiger partial charge is 0.497 e. The van der Waals surface area contributed by atoms with E-state index in [0.29, 0.717) is 22.6 Å². The number of nitriles is 1. The summed E-state index contributed by atoms with van der Waals surface area (Å²) in [5.74, 6) is -0.185. The molecule has 3 aromatic carbocycles. The van der Waals surface area contributed by atoms with Crippen molar-refractivity contribution < 1.29 is 70.0 Å². The Hall–Kier alpha value is -5.07. The van der Waals surface area contributed by atoms with E-state index >= 15 is 0 Å². The highest BCUT2D eigenvalue weighted by Gasteiger charge is 2.82. The number of ether oxygens (including phenoxy) is 5. The second-order valence-electron chi connectivity index (χ2n) is 19.9. The SMILES string of the molecule is COc1ccc(C(OC[C@H]2O[C@@H]3C[C@@H]2OP(=O)(OC)OC[C@H]2O[C@H](C[C@@H]2OP(OCCC#N)N(C(C)C)C(C)C)N2C(=O)NC(=O)[C@]4(C)C2C2N3C(=O)NC(=O)[C@@]24C)(c2ccccc2)c2ccc(OC)cc2)cc1. The molecule has 3 aromatic rings. The van der Waals surface area contributed by atoms with Gasteiger partial charge in [0, 0.05) is 32.0 Å². The van der Waals surface area contributed by atoms with Crippen molar-refractivity contribution in [3.63, 3.8) is 0 Å². The normalized spacial score (nSPS) is 32.1. The fraction of sp³-hybridized carbons (Fsp3) is 0.549. The van der Waals surface area contributed by atoms with Gasteiger partial charge in [-0.3, -0.25) is 43.6 Å². The molecular formula is C51H64N6O15P2. The van der Waals surface area contributed by atoms with Crippen molar-refractivity contribution in [1.82, 2.24) is 25.1 Å². The van der Waals surface area contributed by atoms with Crippen molar-refractivity contribution in [2.45, 2.75) is 127 Å². The molecule has 23 heteroatoms. The zero-order valence-corrected chi connectivity index (χ0v) is 44.6. The lowest BCUT2D eigenvalue weighted by Gasteiger charge is -2.72. The molecule has 6 amide bonds. The van der Waals surface area contributed by atoms with Crippen LogP contribution in [-0.2, 0) is 56.6 Å². The van der Waals surface area contributed by atoms with E-state index in [2.05, 4.69) is 16.7 Å². The number of methoxy groups -OCH3 is 2. The quantitative estimate of drug-likeness (QED) is 0.0791. The van der Waals surface area contributed by atoms with Crippen molar-refractivity contribution in [3.8, 4) is 17.6 Å². The Balaban J connectivity index is 1.14. The number of amides is 6.